The Morgan fingerprint density at radius 3 is 2.22 bits per heavy atom. The lowest BCUT2D eigenvalue weighted by Gasteiger charge is -2.37. The van der Waals surface area contributed by atoms with Gasteiger partial charge in [-0.1, -0.05) is 42.5 Å². The van der Waals surface area contributed by atoms with Gasteiger partial charge in [0.05, 0.1) is 6.42 Å². The Labute approximate surface area is 158 Å². The second-order valence-electron chi connectivity index (χ2n) is 6.73. The van der Waals surface area contributed by atoms with Crippen LogP contribution in [0.15, 0.2) is 54.6 Å². The standard InChI is InChI=1S/C21H22N2O4/c24-20(14-16-6-2-1-3-7-16)22-10-12-23(13-11-22)21(25)19-15-26-17-8-4-5-9-18(17)27-19/h1-9,19H,10-15H2. The fraction of sp³-hybridized carbons (Fsp3) is 0.333. The van der Waals surface area contributed by atoms with Crippen LogP contribution in [0.5, 0.6) is 11.5 Å². The van der Waals surface area contributed by atoms with Crippen molar-refractivity contribution in [3.8, 4) is 11.5 Å². The zero-order chi connectivity index (χ0) is 18.6. The summed E-state index contributed by atoms with van der Waals surface area (Å²) in [6.07, 6.45) is -0.239. The summed E-state index contributed by atoms with van der Waals surface area (Å²) in [7, 11) is 0. The first kappa shape index (κ1) is 17.4. The quantitative estimate of drug-likeness (QED) is 0.830. The number of para-hydroxylation sites is 2. The van der Waals surface area contributed by atoms with E-state index in [0.717, 1.165) is 5.56 Å². The zero-order valence-electron chi connectivity index (χ0n) is 15.0. The van der Waals surface area contributed by atoms with Crippen molar-refractivity contribution in [1.29, 1.82) is 0 Å². The summed E-state index contributed by atoms with van der Waals surface area (Å²) < 4.78 is 11.4. The number of fused-ring (bicyclic) bond motifs is 1. The molecule has 140 valence electrons. The topological polar surface area (TPSA) is 59.1 Å². The molecule has 2 aromatic rings. The first-order chi connectivity index (χ1) is 13.2. The van der Waals surface area contributed by atoms with Crippen LogP contribution in [0.2, 0.25) is 0 Å². The van der Waals surface area contributed by atoms with Gasteiger partial charge in [0.2, 0.25) is 12.0 Å². The molecule has 2 aliphatic rings. The summed E-state index contributed by atoms with van der Waals surface area (Å²) in [6, 6.07) is 17.1. The van der Waals surface area contributed by atoms with Crippen molar-refractivity contribution in [2.45, 2.75) is 12.5 Å². The Balaban J connectivity index is 1.30. The van der Waals surface area contributed by atoms with E-state index in [0.29, 0.717) is 44.1 Å². The highest BCUT2D eigenvalue weighted by Gasteiger charge is 2.33. The summed E-state index contributed by atoms with van der Waals surface area (Å²) in [6.45, 7) is 2.33. The monoisotopic (exact) mass is 366 g/mol. The van der Waals surface area contributed by atoms with Gasteiger partial charge >= 0.3 is 0 Å². The van der Waals surface area contributed by atoms with Gasteiger partial charge in [-0.25, -0.2) is 0 Å². The van der Waals surface area contributed by atoms with Gasteiger partial charge in [-0.05, 0) is 17.7 Å². The molecule has 2 heterocycles. The van der Waals surface area contributed by atoms with Crippen LogP contribution in [-0.2, 0) is 16.0 Å². The minimum atomic E-state index is -0.633. The lowest BCUT2D eigenvalue weighted by Crippen LogP contribution is -2.55. The van der Waals surface area contributed by atoms with E-state index >= 15 is 0 Å². The molecule has 1 saturated heterocycles. The lowest BCUT2D eigenvalue weighted by molar-refractivity contribution is -0.146. The number of rotatable bonds is 3. The van der Waals surface area contributed by atoms with Crippen LogP contribution in [0, 0.1) is 0 Å². The van der Waals surface area contributed by atoms with Crippen molar-refractivity contribution in [3.63, 3.8) is 0 Å². The van der Waals surface area contributed by atoms with Crippen LogP contribution in [0.3, 0.4) is 0 Å². The van der Waals surface area contributed by atoms with E-state index in [1.165, 1.54) is 0 Å². The highest BCUT2D eigenvalue weighted by Crippen LogP contribution is 2.31. The molecule has 4 rings (SSSR count). The molecule has 1 atom stereocenters. The number of amides is 2. The maximum atomic E-state index is 12.7. The average Bonchev–Trinajstić information content (AvgIpc) is 2.73. The highest BCUT2D eigenvalue weighted by molar-refractivity contribution is 5.83. The van der Waals surface area contributed by atoms with E-state index in [9.17, 15) is 9.59 Å². The SMILES string of the molecule is O=C(Cc1ccccc1)N1CCN(C(=O)C2COc3ccccc3O2)CC1. The zero-order valence-corrected chi connectivity index (χ0v) is 15.0. The summed E-state index contributed by atoms with van der Waals surface area (Å²) in [5.41, 5.74) is 1.01. The number of benzene rings is 2. The molecule has 27 heavy (non-hydrogen) atoms. The average molecular weight is 366 g/mol. The minimum Gasteiger partial charge on any atom is -0.485 e. The molecule has 0 saturated carbocycles. The predicted molar refractivity (Wildman–Crippen MR) is 99.7 cm³/mol. The molecule has 2 aliphatic heterocycles. The van der Waals surface area contributed by atoms with Crippen molar-refractivity contribution >= 4 is 11.8 Å². The second-order valence-corrected chi connectivity index (χ2v) is 6.73. The maximum absolute atomic E-state index is 12.7. The molecule has 0 radical (unpaired) electrons. The molecule has 6 heteroatoms. The Hall–Kier alpha value is -3.02. The molecular weight excluding hydrogens is 344 g/mol. The van der Waals surface area contributed by atoms with Crippen LogP contribution in [-0.4, -0.2) is 60.5 Å². The van der Waals surface area contributed by atoms with Gasteiger partial charge in [-0.15, -0.1) is 0 Å². The first-order valence-electron chi connectivity index (χ1n) is 9.20. The highest BCUT2D eigenvalue weighted by atomic mass is 16.6. The van der Waals surface area contributed by atoms with Crippen molar-refractivity contribution < 1.29 is 19.1 Å². The number of carbonyl (C=O) groups is 2. The largest absolute Gasteiger partial charge is 0.485 e. The van der Waals surface area contributed by atoms with Crippen molar-refractivity contribution in [1.82, 2.24) is 9.80 Å². The fourth-order valence-electron chi connectivity index (χ4n) is 3.40. The Bertz CT molecular complexity index is 816. The molecule has 2 aromatic carbocycles. The van der Waals surface area contributed by atoms with Crippen molar-refractivity contribution in [2.24, 2.45) is 0 Å². The van der Waals surface area contributed by atoms with Crippen molar-refractivity contribution in [2.75, 3.05) is 32.8 Å². The third kappa shape index (κ3) is 3.89. The van der Waals surface area contributed by atoms with E-state index in [2.05, 4.69) is 0 Å². The van der Waals surface area contributed by atoms with E-state index in [4.69, 9.17) is 9.47 Å². The summed E-state index contributed by atoms with van der Waals surface area (Å²) >= 11 is 0. The third-order valence-corrected chi connectivity index (χ3v) is 4.93. The smallest absolute Gasteiger partial charge is 0.267 e. The van der Waals surface area contributed by atoms with Crippen LogP contribution < -0.4 is 9.47 Å². The Morgan fingerprint density at radius 1 is 0.852 bits per heavy atom. The predicted octanol–water partition coefficient (Wildman–Crippen LogP) is 1.74. The van der Waals surface area contributed by atoms with E-state index in [-0.39, 0.29) is 18.4 Å². The molecule has 2 amide bonds. The van der Waals surface area contributed by atoms with Crippen LogP contribution >= 0.6 is 0 Å². The number of hydrogen-bond donors (Lipinski definition) is 0. The van der Waals surface area contributed by atoms with Gasteiger partial charge in [-0.2, -0.15) is 0 Å². The Morgan fingerprint density at radius 2 is 1.48 bits per heavy atom. The number of carbonyl (C=O) groups excluding carboxylic acids is 2. The van der Waals surface area contributed by atoms with E-state index < -0.39 is 6.10 Å². The lowest BCUT2D eigenvalue weighted by atomic mass is 10.1. The molecular formula is C21H22N2O4. The van der Waals surface area contributed by atoms with Crippen LogP contribution in [0.25, 0.3) is 0 Å². The summed E-state index contributed by atoms with van der Waals surface area (Å²) in [4.78, 5) is 28.8. The van der Waals surface area contributed by atoms with Gasteiger partial charge in [-0.3, -0.25) is 9.59 Å². The molecule has 0 N–H and O–H groups in total. The molecule has 0 aliphatic carbocycles. The van der Waals surface area contributed by atoms with Crippen molar-refractivity contribution in [3.05, 3.63) is 60.2 Å². The number of ether oxygens (including phenoxy) is 2. The van der Waals surface area contributed by atoms with E-state index in [1.807, 2.05) is 53.4 Å². The van der Waals surface area contributed by atoms with Gasteiger partial charge < -0.3 is 19.3 Å². The number of piperazine rings is 1. The normalized spacial score (nSPS) is 18.9. The molecule has 0 aromatic heterocycles. The maximum Gasteiger partial charge on any atom is 0.267 e. The van der Waals surface area contributed by atoms with Crippen LogP contribution in [0.4, 0.5) is 0 Å². The van der Waals surface area contributed by atoms with Gasteiger partial charge in [0, 0.05) is 26.2 Å². The Kier molecular flexibility index (Phi) is 4.96. The van der Waals surface area contributed by atoms with Gasteiger partial charge in [0.25, 0.3) is 5.91 Å². The van der Waals surface area contributed by atoms with Gasteiger partial charge in [0.1, 0.15) is 6.61 Å². The summed E-state index contributed by atoms with van der Waals surface area (Å²) in [5, 5.41) is 0. The summed E-state index contributed by atoms with van der Waals surface area (Å²) in [5.74, 6) is 1.27. The van der Waals surface area contributed by atoms with Crippen LogP contribution in [0.1, 0.15) is 5.56 Å². The first-order valence-corrected chi connectivity index (χ1v) is 9.20. The number of nitrogens with zero attached hydrogens (tertiary/aromatic N) is 2. The molecule has 0 bridgehead atoms. The number of hydrogen-bond acceptors (Lipinski definition) is 4. The molecule has 1 unspecified atom stereocenters. The third-order valence-electron chi connectivity index (χ3n) is 4.93. The minimum absolute atomic E-state index is 0.0836. The molecule has 0 spiro atoms. The van der Waals surface area contributed by atoms with E-state index in [1.54, 1.807) is 11.0 Å². The molecule has 6 nitrogen and oxygen atoms in total. The van der Waals surface area contributed by atoms with Gasteiger partial charge in [0.15, 0.2) is 11.5 Å². The second kappa shape index (κ2) is 7.70. The fourth-order valence-corrected chi connectivity index (χ4v) is 3.40. The molecule has 1 fully saturated rings.